The molecule has 2 N–H and O–H groups in total. The number of carbonyl (C=O) groups is 1. The van der Waals surface area contributed by atoms with Crippen LogP contribution in [0.4, 0.5) is 5.82 Å². The molecule has 18 heavy (non-hydrogen) atoms. The lowest BCUT2D eigenvalue weighted by molar-refractivity contribution is 0.0690. The summed E-state index contributed by atoms with van der Waals surface area (Å²) < 4.78 is 0. The number of rotatable bonds is 5. The van der Waals surface area contributed by atoms with Crippen LogP contribution in [-0.2, 0) is 0 Å². The first-order valence-electron chi connectivity index (χ1n) is 6.14. The van der Waals surface area contributed by atoms with Gasteiger partial charge in [-0.25, -0.2) is 14.8 Å². The topological polar surface area (TPSA) is 75.1 Å². The molecule has 5 nitrogen and oxygen atoms in total. The van der Waals surface area contributed by atoms with E-state index in [0.717, 1.165) is 12.2 Å². The number of hydrogen-bond donors (Lipinski definition) is 2. The summed E-state index contributed by atoms with van der Waals surface area (Å²) in [6, 6.07) is 0.417. The minimum Gasteiger partial charge on any atom is -0.476 e. The summed E-state index contributed by atoms with van der Waals surface area (Å²) in [4.78, 5) is 18.6. The number of aromatic carboxylic acids is 1. The van der Waals surface area contributed by atoms with Gasteiger partial charge in [0.2, 0.25) is 0 Å². The molecule has 0 spiro atoms. The summed E-state index contributed by atoms with van der Waals surface area (Å²) in [7, 11) is 0. The van der Waals surface area contributed by atoms with E-state index in [1.165, 1.54) is 25.2 Å². The monoisotopic (exact) mass is 267 g/mol. The lowest BCUT2D eigenvalue weighted by Gasteiger charge is -2.20. The van der Waals surface area contributed by atoms with Crippen LogP contribution in [0, 0.1) is 0 Å². The maximum absolute atomic E-state index is 10.7. The standard InChI is InChI=1S/C12H17N3O2S/c1-2-18-10-5-3-4-8(10)15-11-7-13-9(6-14-11)12(16)17/h6-8,10H,2-5H2,1H3,(H,14,15)(H,16,17). The Kier molecular flexibility index (Phi) is 4.41. The van der Waals surface area contributed by atoms with Gasteiger partial charge in [0, 0.05) is 11.3 Å². The fourth-order valence-corrected chi connectivity index (χ4v) is 3.41. The zero-order valence-corrected chi connectivity index (χ0v) is 11.1. The second-order valence-corrected chi connectivity index (χ2v) is 5.78. The summed E-state index contributed by atoms with van der Waals surface area (Å²) in [5, 5.41) is 12.7. The van der Waals surface area contributed by atoms with Gasteiger partial charge >= 0.3 is 5.97 Å². The third-order valence-electron chi connectivity index (χ3n) is 3.04. The quantitative estimate of drug-likeness (QED) is 0.852. The lowest BCUT2D eigenvalue weighted by atomic mass is 10.2. The molecule has 0 saturated heterocycles. The minimum absolute atomic E-state index is 0.0218. The van der Waals surface area contributed by atoms with Crippen LogP contribution < -0.4 is 5.32 Å². The first-order valence-corrected chi connectivity index (χ1v) is 7.19. The van der Waals surface area contributed by atoms with Crippen molar-refractivity contribution in [3.05, 3.63) is 18.1 Å². The zero-order valence-electron chi connectivity index (χ0n) is 10.3. The summed E-state index contributed by atoms with van der Waals surface area (Å²) >= 11 is 1.97. The number of nitrogens with one attached hydrogen (secondary N) is 1. The molecule has 1 aromatic rings. The van der Waals surface area contributed by atoms with E-state index in [1.54, 1.807) is 0 Å². The summed E-state index contributed by atoms with van der Waals surface area (Å²) in [6.07, 6.45) is 6.39. The normalized spacial score (nSPS) is 22.9. The van der Waals surface area contributed by atoms with Crippen molar-refractivity contribution in [3.63, 3.8) is 0 Å². The Labute approximate surface area is 110 Å². The van der Waals surface area contributed by atoms with Crippen molar-refractivity contribution in [2.75, 3.05) is 11.1 Å². The smallest absolute Gasteiger partial charge is 0.356 e. The molecule has 1 aliphatic rings. The Bertz CT molecular complexity index is 410. The maximum Gasteiger partial charge on any atom is 0.356 e. The molecule has 1 heterocycles. The molecule has 0 radical (unpaired) electrons. The first kappa shape index (κ1) is 13.1. The van der Waals surface area contributed by atoms with Gasteiger partial charge < -0.3 is 10.4 Å². The molecule has 1 saturated carbocycles. The van der Waals surface area contributed by atoms with Gasteiger partial charge in [-0.2, -0.15) is 11.8 Å². The van der Waals surface area contributed by atoms with Gasteiger partial charge in [-0.05, 0) is 18.6 Å². The Morgan fingerprint density at radius 1 is 1.50 bits per heavy atom. The van der Waals surface area contributed by atoms with Gasteiger partial charge in [0.05, 0.1) is 12.4 Å². The van der Waals surface area contributed by atoms with E-state index < -0.39 is 5.97 Å². The number of thioether (sulfide) groups is 1. The molecule has 0 bridgehead atoms. The molecule has 0 aromatic carbocycles. The van der Waals surface area contributed by atoms with Gasteiger partial charge in [0.25, 0.3) is 0 Å². The SMILES string of the molecule is CCSC1CCCC1Nc1cnc(C(=O)O)cn1. The van der Waals surface area contributed by atoms with Crippen molar-refractivity contribution >= 4 is 23.5 Å². The van der Waals surface area contributed by atoms with Crippen molar-refractivity contribution in [2.24, 2.45) is 0 Å². The number of aromatic nitrogens is 2. The van der Waals surface area contributed by atoms with Gasteiger partial charge in [0.15, 0.2) is 5.69 Å². The number of anilines is 1. The molecule has 0 aliphatic heterocycles. The number of carboxylic acid groups (broad SMARTS) is 1. The predicted octanol–water partition coefficient (Wildman–Crippen LogP) is 2.26. The molecule has 1 fully saturated rings. The van der Waals surface area contributed by atoms with Crippen molar-refractivity contribution in [1.82, 2.24) is 9.97 Å². The van der Waals surface area contributed by atoms with Crippen LogP contribution >= 0.6 is 11.8 Å². The highest BCUT2D eigenvalue weighted by molar-refractivity contribution is 7.99. The van der Waals surface area contributed by atoms with Crippen LogP contribution in [0.5, 0.6) is 0 Å². The first-order chi connectivity index (χ1) is 8.70. The van der Waals surface area contributed by atoms with Crippen molar-refractivity contribution in [3.8, 4) is 0 Å². The Morgan fingerprint density at radius 2 is 2.33 bits per heavy atom. The van der Waals surface area contributed by atoms with Crippen molar-refractivity contribution in [1.29, 1.82) is 0 Å². The lowest BCUT2D eigenvalue weighted by Crippen LogP contribution is -2.26. The zero-order chi connectivity index (χ0) is 13.0. The van der Waals surface area contributed by atoms with Gasteiger partial charge in [0.1, 0.15) is 5.82 Å². The van der Waals surface area contributed by atoms with E-state index in [4.69, 9.17) is 5.11 Å². The second-order valence-electron chi connectivity index (χ2n) is 4.27. The van der Waals surface area contributed by atoms with E-state index in [-0.39, 0.29) is 5.69 Å². The Balaban J connectivity index is 1.98. The highest BCUT2D eigenvalue weighted by atomic mass is 32.2. The molecule has 2 atom stereocenters. The number of carboxylic acids is 1. The maximum atomic E-state index is 10.7. The summed E-state index contributed by atoms with van der Waals surface area (Å²) in [6.45, 7) is 2.17. The fraction of sp³-hybridized carbons (Fsp3) is 0.583. The van der Waals surface area contributed by atoms with Gasteiger partial charge in [-0.1, -0.05) is 13.3 Å². The largest absolute Gasteiger partial charge is 0.476 e. The average Bonchev–Trinajstić information content (AvgIpc) is 2.78. The van der Waals surface area contributed by atoms with Crippen LogP contribution in [0.3, 0.4) is 0 Å². The minimum atomic E-state index is -1.05. The van der Waals surface area contributed by atoms with Crippen LogP contribution in [0.25, 0.3) is 0 Å². The molecule has 2 rings (SSSR count). The Hall–Kier alpha value is -1.30. The average molecular weight is 267 g/mol. The summed E-state index contributed by atoms with van der Waals surface area (Å²) in [5.74, 6) is 0.731. The molecule has 1 aromatic heterocycles. The molecule has 1 aliphatic carbocycles. The van der Waals surface area contributed by atoms with Gasteiger partial charge in [-0.15, -0.1) is 0 Å². The van der Waals surface area contributed by atoms with Crippen molar-refractivity contribution in [2.45, 2.75) is 37.5 Å². The van der Waals surface area contributed by atoms with E-state index in [0.29, 0.717) is 17.1 Å². The molecule has 2 unspecified atom stereocenters. The van der Waals surface area contributed by atoms with Gasteiger partial charge in [-0.3, -0.25) is 0 Å². The molecule has 98 valence electrons. The third kappa shape index (κ3) is 3.13. The molecule has 0 amide bonds. The molecular weight excluding hydrogens is 250 g/mol. The highest BCUT2D eigenvalue weighted by Crippen LogP contribution is 2.31. The van der Waals surface area contributed by atoms with Crippen LogP contribution in [0.1, 0.15) is 36.7 Å². The van der Waals surface area contributed by atoms with E-state index >= 15 is 0 Å². The van der Waals surface area contributed by atoms with Crippen LogP contribution in [0.15, 0.2) is 12.4 Å². The highest BCUT2D eigenvalue weighted by Gasteiger charge is 2.27. The van der Waals surface area contributed by atoms with Crippen LogP contribution in [0.2, 0.25) is 0 Å². The van der Waals surface area contributed by atoms with E-state index in [9.17, 15) is 4.79 Å². The molecule has 6 heteroatoms. The van der Waals surface area contributed by atoms with Crippen LogP contribution in [-0.4, -0.2) is 38.1 Å². The fourth-order valence-electron chi connectivity index (χ4n) is 2.21. The van der Waals surface area contributed by atoms with E-state index in [2.05, 4.69) is 22.2 Å². The van der Waals surface area contributed by atoms with E-state index in [1.807, 2.05) is 11.8 Å². The Morgan fingerprint density at radius 3 is 2.94 bits per heavy atom. The molecular formula is C12H17N3O2S. The number of hydrogen-bond acceptors (Lipinski definition) is 5. The van der Waals surface area contributed by atoms with Crippen molar-refractivity contribution < 1.29 is 9.90 Å². The predicted molar refractivity (Wildman–Crippen MR) is 72.2 cm³/mol. The summed E-state index contributed by atoms with van der Waals surface area (Å²) in [5.41, 5.74) is -0.0218. The number of nitrogens with zero attached hydrogens (tertiary/aromatic N) is 2. The second kappa shape index (κ2) is 6.04. The third-order valence-corrected chi connectivity index (χ3v) is 4.36.